The van der Waals surface area contributed by atoms with Crippen LogP contribution in [0.5, 0.6) is 0 Å². The van der Waals surface area contributed by atoms with Crippen LogP contribution in [0, 0.1) is 0 Å². The first-order valence-electron chi connectivity index (χ1n) is 7.02. The number of nitrogen functional groups attached to an aromatic ring is 1. The summed E-state index contributed by atoms with van der Waals surface area (Å²) in [6.45, 7) is 0.924. The molecule has 1 aliphatic carbocycles. The number of nitrogens with two attached hydrogens (primary N) is 1. The van der Waals surface area contributed by atoms with E-state index >= 15 is 0 Å². The number of hydrogen-bond acceptors (Lipinski definition) is 2. The lowest BCUT2D eigenvalue weighted by molar-refractivity contribution is 0.911. The van der Waals surface area contributed by atoms with Crippen LogP contribution in [0.4, 0.5) is 11.4 Å². The standard InChI is InChI=1S/C17H20N2/c18-16-6-1-2-7-17(16)19-11-10-13-8-9-14-4-3-5-15(14)12-13/h1-2,6-9,12,19H,3-5,10-11,18H2. The topological polar surface area (TPSA) is 38.0 Å². The van der Waals surface area contributed by atoms with E-state index in [2.05, 4.69) is 23.5 Å². The molecule has 19 heavy (non-hydrogen) atoms. The van der Waals surface area contributed by atoms with E-state index in [1.54, 1.807) is 11.1 Å². The van der Waals surface area contributed by atoms with Crippen molar-refractivity contribution in [1.82, 2.24) is 0 Å². The number of fused-ring (bicyclic) bond motifs is 1. The fourth-order valence-electron chi connectivity index (χ4n) is 2.78. The summed E-state index contributed by atoms with van der Waals surface area (Å²) < 4.78 is 0. The second-order valence-corrected chi connectivity index (χ2v) is 5.22. The molecule has 0 heterocycles. The zero-order valence-corrected chi connectivity index (χ0v) is 11.2. The Balaban J connectivity index is 1.59. The van der Waals surface area contributed by atoms with Gasteiger partial charge in [0.05, 0.1) is 11.4 Å². The van der Waals surface area contributed by atoms with Crippen molar-refractivity contribution in [2.24, 2.45) is 0 Å². The fraction of sp³-hybridized carbons (Fsp3) is 0.294. The first-order chi connectivity index (χ1) is 9.33. The third-order valence-electron chi connectivity index (χ3n) is 3.85. The maximum absolute atomic E-state index is 5.91. The summed E-state index contributed by atoms with van der Waals surface area (Å²) in [6, 6.07) is 14.9. The van der Waals surface area contributed by atoms with Gasteiger partial charge in [-0.15, -0.1) is 0 Å². The molecule has 0 atom stereocenters. The van der Waals surface area contributed by atoms with Crippen LogP contribution in [0.3, 0.4) is 0 Å². The van der Waals surface area contributed by atoms with Gasteiger partial charge in [-0.3, -0.25) is 0 Å². The second-order valence-electron chi connectivity index (χ2n) is 5.22. The number of benzene rings is 2. The third kappa shape index (κ3) is 2.73. The molecule has 0 aliphatic heterocycles. The van der Waals surface area contributed by atoms with Crippen LogP contribution >= 0.6 is 0 Å². The predicted molar refractivity (Wildman–Crippen MR) is 81.5 cm³/mol. The zero-order valence-electron chi connectivity index (χ0n) is 11.2. The molecule has 2 aromatic rings. The molecule has 2 aromatic carbocycles. The highest BCUT2D eigenvalue weighted by atomic mass is 14.9. The molecule has 0 bridgehead atoms. The van der Waals surface area contributed by atoms with Crippen molar-refractivity contribution in [2.75, 3.05) is 17.6 Å². The summed E-state index contributed by atoms with van der Waals surface area (Å²) in [6.07, 6.45) is 4.87. The molecule has 1 aliphatic rings. The smallest absolute Gasteiger partial charge is 0.0574 e. The van der Waals surface area contributed by atoms with Gasteiger partial charge in [0.1, 0.15) is 0 Å². The average molecular weight is 252 g/mol. The van der Waals surface area contributed by atoms with Crippen molar-refractivity contribution in [1.29, 1.82) is 0 Å². The maximum atomic E-state index is 5.91. The molecular formula is C17H20N2. The molecule has 0 saturated heterocycles. The van der Waals surface area contributed by atoms with Gasteiger partial charge in [0.25, 0.3) is 0 Å². The van der Waals surface area contributed by atoms with Crippen LogP contribution in [0.25, 0.3) is 0 Å². The van der Waals surface area contributed by atoms with E-state index < -0.39 is 0 Å². The fourth-order valence-corrected chi connectivity index (χ4v) is 2.78. The van der Waals surface area contributed by atoms with Gasteiger partial charge in [0.2, 0.25) is 0 Å². The Morgan fingerprint density at radius 3 is 2.74 bits per heavy atom. The van der Waals surface area contributed by atoms with Crippen LogP contribution < -0.4 is 11.1 Å². The number of nitrogens with one attached hydrogen (secondary N) is 1. The molecule has 0 spiro atoms. The van der Waals surface area contributed by atoms with Crippen LogP contribution in [-0.4, -0.2) is 6.54 Å². The minimum atomic E-state index is 0.816. The zero-order chi connectivity index (χ0) is 13.1. The van der Waals surface area contributed by atoms with Crippen molar-refractivity contribution in [3.63, 3.8) is 0 Å². The molecule has 0 aromatic heterocycles. The SMILES string of the molecule is Nc1ccccc1NCCc1ccc2c(c1)CCC2. The highest BCUT2D eigenvalue weighted by molar-refractivity contribution is 5.65. The molecule has 2 heteroatoms. The minimum absolute atomic E-state index is 0.816. The number of anilines is 2. The predicted octanol–water partition coefficient (Wildman–Crippen LogP) is 3.41. The minimum Gasteiger partial charge on any atom is -0.397 e. The van der Waals surface area contributed by atoms with Crippen molar-refractivity contribution in [3.05, 3.63) is 59.2 Å². The van der Waals surface area contributed by atoms with Gasteiger partial charge in [-0.05, 0) is 54.5 Å². The quantitative estimate of drug-likeness (QED) is 0.818. The molecule has 0 radical (unpaired) electrons. The maximum Gasteiger partial charge on any atom is 0.0574 e. The van der Waals surface area contributed by atoms with Gasteiger partial charge < -0.3 is 11.1 Å². The summed E-state index contributed by atoms with van der Waals surface area (Å²) in [5, 5.41) is 3.40. The van der Waals surface area contributed by atoms with E-state index in [1.165, 1.54) is 24.8 Å². The Labute approximate surface area is 114 Å². The molecule has 0 amide bonds. The normalized spacial score (nSPS) is 13.3. The van der Waals surface area contributed by atoms with Crippen molar-refractivity contribution in [2.45, 2.75) is 25.7 Å². The molecule has 0 unspecified atom stereocenters. The van der Waals surface area contributed by atoms with Crippen molar-refractivity contribution >= 4 is 11.4 Å². The van der Waals surface area contributed by atoms with E-state index in [-0.39, 0.29) is 0 Å². The lowest BCUT2D eigenvalue weighted by atomic mass is 10.0. The summed E-state index contributed by atoms with van der Waals surface area (Å²) in [4.78, 5) is 0. The van der Waals surface area contributed by atoms with Crippen LogP contribution in [-0.2, 0) is 19.3 Å². The Kier molecular flexibility index (Phi) is 3.41. The molecule has 3 N–H and O–H groups in total. The van der Waals surface area contributed by atoms with Gasteiger partial charge in [-0.25, -0.2) is 0 Å². The number of rotatable bonds is 4. The number of hydrogen-bond donors (Lipinski definition) is 2. The van der Waals surface area contributed by atoms with E-state index in [0.717, 1.165) is 24.3 Å². The van der Waals surface area contributed by atoms with Gasteiger partial charge in [0.15, 0.2) is 0 Å². The van der Waals surface area contributed by atoms with Gasteiger partial charge in [-0.1, -0.05) is 30.3 Å². The second kappa shape index (κ2) is 5.35. The Morgan fingerprint density at radius 1 is 1.00 bits per heavy atom. The van der Waals surface area contributed by atoms with Gasteiger partial charge in [-0.2, -0.15) is 0 Å². The monoisotopic (exact) mass is 252 g/mol. The first-order valence-corrected chi connectivity index (χ1v) is 7.02. The summed E-state index contributed by atoms with van der Waals surface area (Å²) in [5.41, 5.74) is 12.3. The van der Waals surface area contributed by atoms with Gasteiger partial charge in [0, 0.05) is 6.54 Å². The lowest BCUT2D eigenvalue weighted by Gasteiger charge is -2.09. The average Bonchev–Trinajstić information content (AvgIpc) is 2.88. The van der Waals surface area contributed by atoms with Crippen LogP contribution in [0.15, 0.2) is 42.5 Å². The highest BCUT2D eigenvalue weighted by Gasteiger charge is 2.10. The summed E-state index contributed by atoms with van der Waals surface area (Å²) in [7, 11) is 0. The number of aryl methyl sites for hydroxylation is 2. The summed E-state index contributed by atoms with van der Waals surface area (Å²) >= 11 is 0. The van der Waals surface area contributed by atoms with E-state index in [9.17, 15) is 0 Å². The van der Waals surface area contributed by atoms with Crippen molar-refractivity contribution in [3.8, 4) is 0 Å². The Bertz CT molecular complexity index is 575. The van der Waals surface area contributed by atoms with Gasteiger partial charge >= 0.3 is 0 Å². The Morgan fingerprint density at radius 2 is 1.84 bits per heavy atom. The van der Waals surface area contributed by atoms with Crippen LogP contribution in [0.2, 0.25) is 0 Å². The van der Waals surface area contributed by atoms with Crippen LogP contribution in [0.1, 0.15) is 23.1 Å². The molecule has 98 valence electrons. The third-order valence-corrected chi connectivity index (χ3v) is 3.85. The number of para-hydroxylation sites is 2. The molecule has 0 saturated carbocycles. The molecule has 3 rings (SSSR count). The largest absolute Gasteiger partial charge is 0.397 e. The Hall–Kier alpha value is -1.96. The highest BCUT2D eigenvalue weighted by Crippen LogP contribution is 2.23. The first kappa shape index (κ1) is 12.1. The summed E-state index contributed by atoms with van der Waals surface area (Å²) in [5.74, 6) is 0. The molecule has 0 fully saturated rings. The van der Waals surface area contributed by atoms with E-state index in [1.807, 2.05) is 24.3 Å². The molecular weight excluding hydrogens is 232 g/mol. The van der Waals surface area contributed by atoms with E-state index in [4.69, 9.17) is 5.73 Å². The lowest BCUT2D eigenvalue weighted by Crippen LogP contribution is -2.07. The van der Waals surface area contributed by atoms with Crippen molar-refractivity contribution < 1.29 is 0 Å². The van der Waals surface area contributed by atoms with E-state index in [0.29, 0.717) is 0 Å². The molecule has 2 nitrogen and oxygen atoms in total.